The van der Waals surface area contributed by atoms with Crippen molar-refractivity contribution in [3.63, 3.8) is 0 Å². The Hall–Kier alpha value is -3.45. The Morgan fingerprint density at radius 3 is 2.34 bits per heavy atom. The van der Waals surface area contributed by atoms with Crippen molar-refractivity contribution >= 4 is 15.7 Å². The molecular weight excluding hydrogens is 384 g/mol. The lowest BCUT2D eigenvalue weighted by Gasteiger charge is -2.08. The van der Waals surface area contributed by atoms with Crippen molar-refractivity contribution in [3.05, 3.63) is 79.1 Å². The van der Waals surface area contributed by atoms with E-state index >= 15 is 0 Å². The molecule has 0 saturated heterocycles. The Balaban J connectivity index is 1.84. The molecule has 0 saturated carbocycles. The number of sulfonamides is 1. The number of nitrogens with zero attached hydrogens (tertiary/aromatic N) is 2. The summed E-state index contributed by atoms with van der Waals surface area (Å²) in [4.78, 5) is 12.3. The predicted molar refractivity (Wildman–Crippen MR) is 116 cm³/mol. The Bertz CT molecular complexity index is 1220. The van der Waals surface area contributed by atoms with E-state index in [2.05, 4.69) is 14.7 Å². The number of anilines is 1. The molecule has 0 fully saturated rings. The summed E-state index contributed by atoms with van der Waals surface area (Å²) in [5.41, 5.74) is 4.84. The van der Waals surface area contributed by atoms with E-state index in [1.807, 2.05) is 54.6 Å². The van der Waals surface area contributed by atoms with Crippen molar-refractivity contribution in [2.24, 2.45) is 0 Å². The van der Waals surface area contributed by atoms with Crippen LogP contribution in [0.2, 0.25) is 0 Å². The zero-order chi connectivity index (χ0) is 20.3. The molecule has 2 heterocycles. The third-order valence-corrected chi connectivity index (χ3v) is 5.82. The van der Waals surface area contributed by atoms with Gasteiger partial charge in [-0.05, 0) is 31.2 Å². The van der Waals surface area contributed by atoms with Crippen LogP contribution in [0.5, 0.6) is 0 Å². The molecule has 0 amide bonds. The highest BCUT2D eigenvalue weighted by Gasteiger charge is 2.16. The Morgan fingerprint density at radius 1 is 0.897 bits per heavy atom. The Kier molecular flexibility index (Phi) is 5.14. The lowest BCUT2D eigenvalue weighted by molar-refractivity contribution is 0.602. The van der Waals surface area contributed by atoms with Gasteiger partial charge in [-0.15, -0.1) is 0 Å². The molecule has 7 heteroatoms. The van der Waals surface area contributed by atoms with Crippen LogP contribution in [-0.4, -0.2) is 29.1 Å². The van der Waals surface area contributed by atoms with E-state index in [9.17, 15) is 8.42 Å². The molecule has 2 aromatic heterocycles. The van der Waals surface area contributed by atoms with Crippen molar-refractivity contribution in [1.82, 2.24) is 15.0 Å². The van der Waals surface area contributed by atoms with Gasteiger partial charge in [0.05, 0.1) is 17.1 Å². The largest absolute Gasteiger partial charge is 0.337 e. The van der Waals surface area contributed by atoms with E-state index in [1.165, 1.54) is 0 Å². The van der Waals surface area contributed by atoms with Gasteiger partial charge in [-0.3, -0.25) is 9.71 Å². The molecule has 0 bridgehead atoms. The van der Waals surface area contributed by atoms with Gasteiger partial charge >= 0.3 is 0 Å². The monoisotopic (exact) mass is 404 g/mol. The summed E-state index contributed by atoms with van der Waals surface area (Å²) in [5.74, 6) is 0.758. The number of pyridine rings is 1. The van der Waals surface area contributed by atoms with E-state index < -0.39 is 10.0 Å². The maximum Gasteiger partial charge on any atom is 0.232 e. The van der Waals surface area contributed by atoms with Gasteiger partial charge in [0, 0.05) is 34.8 Å². The minimum Gasteiger partial charge on any atom is -0.337 e. The number of hydrogen-bond donors (Lipinski definition) is 2. The number of benzene rings is 2. The quantitative estimate of drug-likeness (QED) is 0.493. The third kappa shape index (κ3) is 4.20. The number of hydrogen-bond acceptors (Lipinski definition) is 4. The van der Waals surface area contributed by atoms with Gasteiger partial charge in [-0.2, -0.15) is 0 Å². The first kappa shape index (κ1) is 18.9. The molecule has 0 spiro atoms. The number of aromatic amines is 1. The molecule has 0 radical (unpaired) electrons. The molecule has 0 atom stereocenters. The number of aromatic nitrogens is 3. The zero-order valence-corrected chi connectivity index (χ0v) is 16.6. The summed E-state index contributed by atoms with van der Waals surface area (Å²) in [6.07, 6.45) is 3.45. The number of nitrogens with one attached hydrogen (secondary N) is 2. The molecule has 2 aromatic carbocycles. The van der Waals surface area contributed by atoms with Crippen LogP contribution in [-0.2, 0) is 10.0 Å². The van der Waals surface area contributed by atoms with E-state index in [1.54, 1.807) is 31.5 Å². The van der Waals surface area contributed by atoms with Gasteiger partial charge in [0.15, 0.2) is 0 Å². The summed E-state index contributed by atoms with van der Waals surface area (Å²) in [6.45, 7) is 1.61. The maximum absolute atomic E-state index is 12.0. The lowest BCUT2D eigenvalue weighted by atomic mass is 10.1. The van der Waals surface area contributed by atoms with Crippen molar-refractivity contribution < 1.29 is 8.42 Å². The average Bonchev–Trinajstić information content (AvgIpc) is 3.21. The molecule has 0 aliphatic rings. The van der Waals surface area contributed by atoms with E-state index in [0.29, 0.717) is 5.69 Å². The first-order valence-electron chi connectivity index (χ1n) is 9.22. The van der Waals surface area contributed by atoms with Crippen molar-refractivity contribution in [2.75, 3.05) is 10.5 Å². The SMILES string of the molecule is CCS(=O)(=O)Nc1cccc(-c2[nH]c(-c3ccccc3)nc2-c2ccncc2)c1. The molecule has 0 unspecified atom stereocenters. The van der Waals surface area contributed by atoms with Crippen LogP contribution in [0.25, 0.3) is 33.9 Å². The van der Waals surface area contributed by atoms with Crippen LogP contribution >= 0.6 is 0 Å². The smallest absolute Gasteiger partial charge is 0.232 e. The summed E-state index contributed by atoms with van der Waals surface area (Å²) >= 11 is 0. The summed E-state index contributed by atoms with van der Waals surface area (Å²) in [6, 6.07) is 21.0. The summed E-state index contributed by atoms with van der Waals surface area (Å²) < 4.78 is 26.5. The first-order valence-corrected chi connectivity index (χ1v) is 10.9. The minimum atomic E-state index is -3.36. The normalized spacial score (nSPS) is 11.3. The van der Waals surface area contributed by atoms with Crippen LogP contribution < -0.4 is 4.72 Å². The van der Waals surface area contributed by atoms with E-state index in [-0.39, 0.29) is 5.75 Å². The average molecular weight is 404 g/mol. The molecule has 2 N–H and O–H groups in total. The van der Waals surface area contributed by atoms with Gasteiger partial charge < -0.3 is 4.98 Å². The van der Waals surface area contributed by atoms with E-state index in [4.69, 9.17) is 4.98 Å². The fraction of sp³-hybridized carbons (Fsp3) is 0.0909. The molecule has 0 aliphatic carbocycles. The second-order valence-corrected chi connectivity index (χ2v) is 8.51. The van der Waals surface area contributed by atoms with Crippen molar-refractivity contribution in [2.45, 2.75) is 6.92 Å². The van der Waals surface area contributed by atoms with E-state index in [0.717, 1.165) is 33.9 Å². The van der Waals surface area contributed by atoms with Crippen LogP contribution in [0.3, 0.4) is 0 Å². The van der Waals surface area contributed by atoms with Gasteiger partial charge in [-0.25, -0.2) is 13.4 Å². The first-order chi connectivity index (χ1) is 14.1. The molecule has 146 valence electrons. The van der Waals surface area contributed by atoms with Gasteiger partial charge in [0.2, 0.25) is 10.0 Å². The van der Waals surface area contributed by atoms with Crippen LogP contribution in [0.1, 0.15) is 6.92 Å². The summed E-state index contributed by atoms with van der Waals surface area (Å²) in [5, 5.41) is 0. The number of rotatable bonds is 6. The molecule has 6 nitrogen and oxygen atoms in total. The van der Waals surface area contributed by atoms with Crippen molar-refractivity contribution in [3.8, 4) is 33.9 Å². The highest BCUT2D eigenvalue weighted by atomic mass is 32.2. The van der Waals surface area contributed by atoms with Gasteiger partial charge in [-0.1, -0.05) is 42.5 Å². The predicted octanol–water partition coefficient (Wildman–Crippen LogP) is 4.57. The van der Waals surface area contributed by atoms with Crippen molar-refractivity contribution in [1.29, 1.82) is 0 Å². The molecular formula is C22H20N4O2S. The highest BCUT2D eigenvalue weighted by Crippen LogP contribution is 2.33. The summed E-state index contributed by atoms with van der Waals surface area (Å²) in [7, 11) is -3.36. The zero-order valence-electron chi connectivity index (χ0n) is 15.8. The molecule has 29 heavy (non-hydrogen) atoms. The standard InChI is InChI=1S/C22H20N4O2S/c1-2-29(27,28)26-19-10-6-9-18(15-19)21-20(16-11-13-23-14-12-16)24-22(25-21)17-7-4-3-5-8-17/h3-15,26H,2H2,1H3,(H,24,25). The van der Waals surface area contributed by atoms with Gasteiger partial charge in [0.1, 0.15) is 5.82 Å². The maximum atomic E-state index is 12.0. The fourth-order valence-electron chi connectivity index (χ4n) is 3.02. The fourth-order valence-corrected chi connectivity index (χ4v) is 3.65. The second kappa shape index (κ2) is 7.89. The highest BCUT2D eigenvalue weighted by molar-refractivity contribution is 7.92. The van der Waals surface area contributed by atoms with Gasteiger partial charge in [0.25, 0.3) is 0 Å². The molecule has 4 rings (SSSR count). The second-order valence-electron chi connectivity index (χ2n) is 6.50. The number of H-pyrrole nitrogens is 1. The topological polar surface area (TPSA) is 87.7 Å². The van der Waals surface area contributed by atoms with Crippen LogP contribution in [0, 0.1) is 0 Å². The van der Waals surface area contributed by atoms with Crippen LogP contribution in [0.15, 0.2) is 79.1 Å². The lowest BCUT2D eigenvalue weighted by Crippen LogP contribution is -2.14. The molecule has 4 aromatic rings. The Labute approximate surface area is 169 Å². The third-order valence-electron chi connectivity index (χ3n) is 4.51. The van der Waals surface area contributed by atoms with Crippen LogP contribution in [0.4, 0.5) is 5.69 Å². The Morgan fingerprint density at radius 2 is 1.62 bits per heavy atom. The molecule has 0 aliphatic heterocycles. The minimum absolute atomic E-state index is 0.0156. The number of imidazole rings is 1.